The first kappa shape index (κ1) is 8.47. The van der Waals surface area contributed by atoms with Crippen LogP contribution < -0.4 is 5.32 Å². The first-order valence-electron chi connectivity index (χ1n) is 3.49. The molecule has 0 atom stereocenters. The van der Waals surface area contributed by atoms with Gasteiger partial charge in [0.25, 0.3) is 0 Å². The highest BCUT2D eigenvalue weighted by Crippen LogP contribution is 2.01. The average molecular weight is 128 g/mol. The lowest BCUT2D eigenvalue weighted by Gasteiger charge is -2.02. The zero-order chi connectivity index (χ0) is 7.11. The van der Waals surface area contributed by atoms with Crippen molar-refractivity contribution < 1.29 is 0 Å². The second kappa shape index (κ2) is 5.60. The molecule has 2 nitrogen and oxygen atoms in total. The summed E-state index contributed by atoms with van der Waals surface area (Å²) in [5, 5.41) is 9.50. The van der Waals surface area contributed by atoms with Crippen LogP contribution in [0.25, 0.3) is 0 Å². The van der Waals surface area contributed by atoms with Crippen molar-refractivity contribution in [2.75, 3.05) is 6.54 Å². The lowest BCUT2D eigenvalue weighted by Crippen LogP contribution is -2.11. The molecule has 0 aliphatic rings. The summed E-state index contributed by atoms with van der Waals surface area (Å²) < 4.78 is 0. The summed E-state index contributed by atoms with van der Waals surface area (Å²) in [7, 11) is 0. The molecule has 0 fully saturated rings. The molecule has 0 heterocycles. The van der Waals surface area contributed by atoms with Crippen molar-refractivity contribution in [3.63, 3.8) is 0 Å². The minimum Gasteiger partial charge on any atom is -0.377 e. The van der Waals surface area contributed by atoms with Crippen LogP contribution in [0.3, 0.4) is 0 Å². The summed E-state index contributed by atoms with van der Waals surface area (Å²) >= 11 is 0. The van der Waals surface area contributed by atoms with Gasteiger partial charge < -0.3 is 5.32 Å². The maximum absolute atomic E-state index is 6.65. The first-order valence-corrected chi connectivity index (χ1v) is 3.49. The summed E-state index contributed by atoms with van der Waals surface area (Å²) in [5.41, 5.74) is 0. The van der Waals surface area contributed by atoms with E-state index in [-0.39, 0.29) is 0 Å². The fraction of sp³-hybridized carbons (Fsp3) is 0.857. The van der Waals surface area contributed by atoms with Crippen LogP contribution in [0, 0.1) is 11.3 Å². The number of hydrogen-bond donors (Lipinski definition) is 2. The van der Waals surface area contributed by atoms with E-state index in [9.17, 15) is 0 Å². The smallest absolute Gasteiger partial charge is 0.0791 e. The molecular formula is C7H16N2. The molecule has 0 saturated carbocycles. The molecule has 9 heavy (non-hydrogen) atoms. The zero-order valence-electron chi connectivity index (χ0n) is 6.28. The predicted molar refractivity (Wildman–Crippen MR) is 40.9 cm³/mol. The van der Waals surface area contributed by atoms with Crippen LogP contribution in [0.15, 0.2) is 0 Å². The van der Waals surface area contributed by atoms with Gasteiger partial charge in [0.1, 0.15) is 0 Å². The van der Waals surface area contributed by atoms with Gasteiger partial charge in [-0.25, -0.2) is 0 Å². The lowest BCUT2D eigenvalue weighted by molar-refractivity contribution is 0.552. The molecule has 0 rings (SSSR count). The van der Waals surface area contributed by atoms with Crippen molar-refractivity contribution in [1.29, 1.82) is 5.41 Å². The maximum atomic E-state index is 6.65. The Balaban J connectivity index is 2.82. The average Bonchev–Trinajstić information content (AvgIpc) is 1.80. The van der Waals surface area contributed by atoms with Gasteiger partial charge in [-0.05, 0) is 18.8 Å². The monoisotopic (exact) mass is 128 g/mol. The van der Waals surface area contributed by atoms with E-state index in [4.69, 9.17) is 5.41 Å². The molecule has 0 aliphatic carbocycles. The van der Waals surface area contributed by atoms with Gasteiger partial charge in [-0.3, -0.25) is 5.41 Å². The molecule has 0 amide bonds. The van der Waals surface area contributed by atoms with Crippen molar-refractivity contribution in [2.24, 2.45) is 5.92 Å². The van der Waals surface area contributed by atoms with Gasteiger partial charge >= 0.3 is 0 Å². The Hall–Kier alpha value is -0.530. The summed E-state index contributed by atoms with van der Waals surface area (Å²) in [4.78, 5) is 0. The van der Waals surface area contributed by atoms with Crippen molar-refractivity contribution in [3.8, 4) is 0 Å². The Kier molecular flexibility index (Phi) is 5.27. The number of hydrogen-bond acceptors (Lipinski definition) is 1. The van der Waals surface area contributed by atoms with Gasteiger partial charge in [0.05, 0.1) is 6.34 Å². The Morgan fingerprint density at radius 2 is 2.22 bits per heavy atom. The molecular weight excluding hydrogens is 112 g/mol. The van der Waals surface area contributed by atoms with E-state index >= 15 is 0 Å². The Labute approximate surface area is 57.2 Å². The van der Waals surface area contributed by atoms with E-state index in [0.29, 0.717) is 0 Å². The van der Waals surface area contributed by atoms with E-state index in [1.165, 1.54) is 19.2 Å². The van der Waals surface area contributed by atoms with Crippen molar-refractivity contribution in [1.82, 2.24) is 5.32 Å². The normalized spacial score (nSPS) is 9.67. The topological polar surface area (TPSA) is 35.9 Å². The van der Waals surface area contributed by atoms with E-state index in [1.807, 2.05) is 0 Å². The molecule has 0 aliphatic heterocycles. The molecule has 0 aromatic rings. The van der Waals surface area contributed by atoms with E-state index in [1.54, 1.807) is 0 Å². The van der Waals surface area contributed by atoms with E-state index < -0.39 is 0 Å². The van der Waals surface area contributed by atoms with Crippen molar-refractivity contribution in [3.05, 3.63) is 0 Å². The molecule has 0 aromatic heterocycles. The van der Waals surface area contributed by atoms with Gasteiger partial charge in [-0.1, -0.05) is 13.8 Å². The molecule has 0 radical (unpaired) electrons. The van der Waals surface area contributed by atoms with E-state index in [0.717, 1.165) is 12.5 Å². The second-order valence-corrected chi connectivity index (χ2v) is 2.63. The van der Waals surface area contributed by atoms with Crippen LogP contribution >= 0.6 is 0 Å². The molecule has 0 aromatic carbocycles. The van der Waals surface area contributed by atoms with Crippen molar-refractivity contribution >= 4 is 6.34 Å². The highest BCUT2D eigenvalue weighted by atomic mass is 14.9. The van der Waals surface area contributed by atoms with Crippen LogP contribution in [0.5, 0.6) is 0 Å². The van der Waals surface area contributed by atoms with Crippen LogP contribution in [-0.4, -0.2) is 12.9 Å². The molecule has 0 spiro atoms. The third-order valence-corrected chi connectivity index (χ3v) is 1.20. The molecule has 0 bridgehead atoms. The molecule has 0 saturated heterocycles. The Morgan fingerprint density at radius 3 is 2.67 bits per heavy atom. The number of rotatable bonds is 5. The Bertz CT molecular complexity index is 69.3. The van der Waals surface area contributed by atoms with Gasteiger partial charge in [0.2, 0.25) is 0 Å². The maximum Gasteiger partial charge on any atom is 0.0791 e. The molecule has 54 valence electrons. The van der Waals surface area contributed by atoms with E-state index in [2.05, 4.69) is 19.2 Å². The Morgan fingerprint density at radius 1 is 1.56 bits per heavy atom. The largest absolute Gasteiger partial charge is 0.377 e. The van der Waals surface area contributed by atoms with Gasteiger partial charge in [-0.15, -0.1) is 0 Å². The SMILES string of the molecule is CC(C)CCCNC=N. The van der Waals surface area contributed by atoms with Crippen LogP contribution in [0.1, 0.15) is 26.7 Å². The third-order valence-electron chi connectivity index (χ3n) is 1.20. The minimum absolute atomic E-state index is 0.789. The second-order valence-electron chi connectivity index (χ2n) is 2.63. The zero-order valence-corrected chi connectivity index (χ0v) is 6.28. The van der Waals surface area contributed by atoms with Gasteiger partial charge in [0.15, 0.2) is 0 Å². The molecule has 2 N–H and O–H groups in total. The summed E-state index contributed by atoms with van der Waals surface area (Å²) in [6, 6.07) is 0. The quantitative estimate of drug-likeness (QED) is 0.329. The summed E-state index contributed by atoms with van der Waals surface area (Å²) in [6.07, 6.45) is 3.67. The minimum atomic E-state index is 0.789. The van der Waals surface area contributed by atoms with Crippen LogP contribution in [0.4, 0.5) is 0 Å². The fourth-order valence-corrected chi connectivity index (χ4v) is 0.685. The van der Waals surface area contributed by atoms with Crippen LogP contribution in [-0.2, 0) is 0 Å². The van der Waals surface area contributed by atoms with Crippen LogP contribution in [0.2, 0.25) is 0 Å². The lowest BCUT2D eigenvalue weighted by atomic mass is 10.1. The summed E-state index contributed by atoms with van der Waals surface area (Å²) in [5.74, 6) is 0.789. The van der Waals surface area contributed by atoms with Crippen molar-refractivity contribution in [2.45, 2.75) is 26.7 Å². The first-order chi connectivity index (χ1) is 4.27. The molecule has 0 unspecified atom stereocenters. The summed E-state index contributed by atoms with van der Waals surface area (Å²) in [6.45, 7) is 5.37. The third kappa shape index (κ3) is 7.47. The molecule has 2 heteroatoms. The highest BCUT2D eigenvalue weighted by Gasteiger charge is 1.90. The highest BCUT2D eigenvalue weighted by molar-refractivity contribution is 5.49. The predicted octanol–water partition coefficient (Wildman–Crippen LogP) is 1.62. The fourth-order valence-electron chi connectivity index (χ4n) is 0.685. The van der Waals surface area contributed by atoms with Gasteiger partial charge in [-0.2, -0.15) is 0 Å². The standard InChI is InChI=1S/C7H16N2/c1-7(2)4-3-5-9-6-8/h6-7H,3-5H2,1-2H3,(H2,8,9). The van der Waals surface area contributed by atoms with Gasteiger partial charge in [0, 0.05) is 6.54 Å². The number of nitrogens with one attached hydrogen (secondary N) is 2.